The molecule has 0 unspecified atom stereocenters. The zero-order chi connectivity index (χ0) is 12.1. The van der Waals surface area contributed by atoms with E-state index in [1.165, 1.54) is 0 Å². The van der Waals surface area contributed by atoms with Gasteiger partial charge in [0.2, 0.25) is 0 Å². The SMILES string of the molecule is COc1cccc(N=Nc2ccccc2C)c1. The monoisotopic (exact) mass is 226 g/mol. The molecule has 2 rings (SSSR count). The molecule has 3 heteroatoms. The minimum atomic E-state index is 0.784. The van der Waals surface area contributed by atoms with Gasteiger partial charge in [0.15, 0.2) is 0 Å². The Labute approximate surface area is 101 Å². The van der Waals surface area contributed by atoms with Gasteiger partial charge in [0.25, 0.3) is 0 Å². The fraction of sp³-hybridized carbons (Fsp3) is 0.143. The Balaban J connectivity index is 2.23. The minimum Gasteiger partial charge on any atom is -0.497 e. The third-order valence-corrected chi connectivity index (χ3v) is 2.44. The van der Waals surface area contributed by atoms with Gasteiger partial charge in [0.05, 0.1) is 18.5 Å². The van der Waals surface area contributed by atoms with Gasteiger partial charge in [0.1, 0.15) is 5.75 Å². The molecule has 0 aliphatic rings. The van der Waals surface area contributed by atoms with Crippen molar-refractivity contribution < 1.29 is 4.74 Å². The van der Waals surface area contributed by atoms with Crippen LogP contribution in [0.1, 0.15) is 5.56 Å². The van der Waals surface area contributed by atoms with Crippen LogP contribution < -0.4 is 4.74 Å². The average molecular weight is 226 g/mol. The molecule has 0 saturated carbocycles. The zero-order valence-electron chi connectivity index (χ0n) is 9.92. The standard InChI is InChI=1S/C14H14N2O/c1-11-6-3-4-9-14(11)16-15-12-7-5-8-13(10-12)17-2/h3-10H,1-2H3. The fourth-order valence-electron chi connectivity index (χ4n) is 1.46. The molecule has 0 aliphatic carbocycles. The molecule has 3 nitrogen and oxygen atoms in total. The molecule has 0 radical (unpaired) electrons. The summed E-state index contributed by atoms with van der Waals surface area (Å²) in [6.07, 6.45) is 0. The van der Waals surface area contributed by atoms with Crippen molar-refractivity contribution >= 4 is 11.4 Å². The second kappa shape index (κ2) is 5.25. The number of aryl methyl sites for hydroxylation is 1. The normalized spacial score (nSPS) is 10.7. The van der Waals surface area contributed by atoms with Crippen molar-refractivity contribution in [2.24, 2.45) is 10.2 Å². The minimum absolute atomic E-state index is 0.784. The first-order valence-corrected chi connectivity index (χ1v) is 5.41. The Hall–Kier alpha value is -2.16. The molecule has 2 aromatic carbocycles. The van der Waals surface area contributed by atoms with E-state index in [2.05, 4.69) is 10.2 Å². The van der Waals surface area contributed by atoms with E-state index in [0.717, 1.165) is 22.7 Å². The lowest BCUT2D eigenvalue weighted by molar-refractivity contribution is 0.415. The summed E-state index contributed by atoms with van der Waals surface area (Å²) < 4.78 is 5.13. The van der Waals surface area contributed by atoms with E-state index in [-0.39, 0.29) is 0 Å². The lowest BCUT2D eigenvalue weighted by Crippen LogP contribution is -1.80. The highest BCUT2D eigenvalue weighted by molar-refractivity contribution is 5.46. The van der Waals surface area contributed by atoms with Crippen LogP contribution in [0.5, 0.6) is 5.75 Å². The molecule has 0 amide bonds. The van der Waals surface area contributed by atoms with E-state index in [9.17, 15) is 0 Å². The molecule has 0 aliphatic heterocycles. The molecule has 0 aromatic heterocycles. The Bertz CT molecular complexity index is 535. The molecule has 0 heterocycles. The first kappa shape index (κ1) is 11.3. The first-order valence-electron chi connectivity index (χ1n) is 5.41. The van der Waals surface area contributed by atoms with Gasteiger partial charge in [-0.05, 0) is 30.7 Å². The predicted octanol–water partition coefficient (Wildman–Crippen LogP) is 4.42. The van der Waals surface area contributed by atoms with Crippen molar-refractivity contribution in [3.05, 3.63) is 54.1 Å². The molecule has 2 aromatic rings. The van der Waals surface area contributed by atoms with Gasteiger partial charge in [-0.2, -0.15) is 10.2 Å². The molecule has 0 fully saturated rings. The van der Waals surface area contributed by atoms with E-state index in [4.69, 9.17) is 4.74 Å². The smallest absolute Gasteiger partial charge is 0.121 e. The van der Waals surface area contributed by atoms with Gasteiger partial charge in [-0.3, -0.25) is 0 Å². The average Bonchev–Trinajstić information content (AvgIpc) is 2.38. The maximum atomic E-state index is 5.13. The Kier molecular flexibility index (Phi) is 3.50. The molecule has 0 spiro atoms. The van der Waals surface area contributed by atoms with Crippen LogP contribution in [0.25, 0.3) is 0 Å². The van der Waals surface area contributed by atoms with E-state index < -0.39 is 0 Å². The molecular formula is C14H14N2O. The van der Waals surface area contributed by atoms with Gasteiger partial charge >= 0.3 is 0 Å². The van der Waals surface area contributed by atoms with Crippen molar-refractivity contribution in [3.8, 4) is 5.75 Å². The molecule has 0 N–H and O–H groups in total. The van der Waals surface area contributed by atoms with Gasteiger partial charge in [-0.25, -0.2) is 0 Å². The number of methoxy groups -OCH3 is 1. The van der Waals surface area contributed by atoms with Crippen LogP contribution in [0, 0.1) is 6.92 Å². The van der Waals surface area contributed by atoms with Crippen LogP contribution in [0.15, 0.2) is 58.8 Å². The Morgan fingerprint density at radius 3 is 2.53 bits per heavy atom. The quantitative estimate of drug-likeness (QED) is 0.713. The largest absolute Gasteiger partial charge is 0.497 e. The van der Waals surface area contributed by atoms with Crippen LogP contribution in [-0.2, 0) is 0 Å². The van der Waals surface area contributed by atoms with Crippen molar-refractivity contribution in [2.45, 2.75) is 6.92 Å². The molecule has 0 atom stereocenters. The second-order valence-electron chi connectivity index (χ2n) is 3.69. The predicted molar refractivity (Wildman–Crippen MR) is 68.3 cm³/mol. The highest BCUT2D eigenvalue weighted by Crippen LogP contribution is 2.23. The van der Waals surface area contributed by atoms with Gasteiger partial charge in [-0.1, -0.05) is 24.3 Å². The number of benzene rings is 2. The summed E-state index contributed by atoms with van der Waals surface area (Å²) in [6.45, 7) is 2.01. The second-order valence-corrected chi connectivity index (χ2v) is 3.69. The highest BCUT2D eigenvalue weighted by Gasteiger charge is 1.95. The highest BCUT2D eigenvalue weighted by atomic mass is 16.5. The molecular weight excluding hydrogens is 212 g/mol. The molecule has 86 valence electrons. The van der Waals surface area contributed by atoms with Crippen molar-refractivity contribution in [1.29, 1.82) is 0 Å². The van der Waals surface area contributed by atoms with Crippen LogP contribution >= 0.6 is 0 Å². The van der Waals surface area contributed by atoms with Crippen LogP contribution in [0.4, 0.5) is 11.4 Å². The van der Waals surface area contributed by atoms with Gasteiger partial charge < -0.3 is 4.74 Å². The number of rotatable bonds is 3. The Morgan fingerprint density at radius 1 is 0.941 bits per heavy atom. The number of hydrogen-bond acceptors (Lipinski definition) is 3. The third kappa shape index (κ3) is 2.91. The van der Waals surface area contributed by atoms with Gasteiger partial charge in [-0.15, -0.1) is 0 Å². The summed E-state index contributed by atoms with van der Waals surface area (Å²) in [5.74, 6) is 0.784. The molecule has 0 saturated heterocycles. The van der Waals surface area contributed by atoms with E-state index in [1.54, 1.807) is 7.11 Å². The maximum Gasteiger partial charge on any atom is 0.121 e. The first-order chi connectivity index (χ1) is 8.29. The van der Waals surface area contributed by atoms with Gasteiger partial charge in [0, 0.05) is 6.07 Å². The number of azo groups is 1. The molecule has 0 bridgehead atoms. The third-order valence-electron chi connectivity index (χ3n) is 2.44. The summed E-state index contributed by atoms with van der Waals surface area (Å²) >= 11 is 0. The van der Waals surface area contributed by atoms with Crippen molar-refractivity contribution in [1.82, 2.24) is 0 Å². The van der Waals surface area contributed by atoms with E-state index >= 15 is 0 Å². The maximum absolute atomic E-state index is 5.13. The Morgan fingerprint density at radius 2 is 1.76 bits per heavy atom. The zero-order valence-corrected chi connectivity index (χ0v) is 9.92. The number of hydrogen-bond donors (Lipinski definition) is 0. The summed E-state index contributed by atoms with van der Waals surface area (Å²) in [4.78, 5) is 0. The summed E-state index contributed by atoms with van der Waals surface area (Å²) in [7, 11) is 1.64. The van der Waals surface area contributed by atoms with Crippen molar-refractivity contribution in [3.63, 3.8) is 0 Å². The van der Waals surface area contributed by atoms with Crippen LogP contribution in [0.3, 0.4) is 0 Å². The van der Waals surface area contributed by atoms with Crippen LogP contribution in [-0.4, -0.2) is 7.11 Å². The number of nitrogens with zero attached hydrogens (tertiary/aromatic N) is 2. The number of ether oxygens (including phenoxy) is 1. The summed E-state index contributed by atoms with van der Waals surface area (Å²) in [5, 5.41) is 8.41. The lowest BCUT2D eigenvalue weighted by atomic mass is 10.2. The summed E-state index contributed by atoms with van der Waals surface area (Å²) in [6, 6.07) is 15.4. The summed E-state index contributed by atoms with van der Waals surface area (Å²) in [5.41, 5.74) is 2.78. The fourth-order valence-corrected chi connectivity index (χ4v) is 1.46. The van der Waals surface area contributed by atoms with E-state index in [1.807, 2.05) is 55.5 Å². The molecule has 17 heavy (non-hydrogen) atoms. The van der Waals surface area contributed by atoms with E-state index in [0.29, 0.717) is 0 Å². The lowest BCUT2D eigenvalue weighted by Gasteiger charge is -2.00. The topological polar surface area (TPSA) is 34.0 Å². The van der Waals surface area contributed by atoms with Crippen molar-refractivity contribution in [2.75, 3.05) is 7.11 Å². The van der Waals surface area contributed by atoms with Crippen LogP contribution in [0.2, 0.25) is 0 Å².